The van der Waals surface area contributed by atoms with Crippen molar-refractivity contribution < 1.29 is 14.6 Å². The molecular weight excluding hydrogens is 494 g/mol. The molecule has 0 aliphatic heterocycles. The van der Waals surface area contributed by atoms with Crippen LogP contribution >= 0.6 is 0 Å². The molecule has 1 aromatic carbocycles. The van der Waals surface area contributed by atoms with E-state index in [0.29, 0.717) is 36.4 Å². The zero-order chi connectivity index (χ0) is 27.4. The number of anilines is 1. The normalized spacial score (nSPS) is 17.4. The average molecular weight is 534 g/mol. The van der Waals surface area contributed by atoms with Gasteiger partial charge in [-0.25, -0.2) is 4.68 Å². The maximum atomic E-state index is 13.5. The van der Waals surface area contributed by atoms with E-state index >= 15 is 0 Å². The largest absolute Gasteiger partial charge is 0.455 e. The van der Waals surface area contributed by atoms with Crippen molar-refractivity contribution in [3.8, 4) is 11.5 Å². The third-order valence-electron chi connectivity index (χ3n) is 7.81. The number of aromatic nitrogens is 4. The number of hydrogen-bond acceptors (Lipinski definition) is 6. The molecule has 0 spiro atoms. The number of para-hydroxylation sites is 1. The quantitative estimate of drug-likeness (QED) is 0.360. The lowest BCUT2D eigenvalue weighted by atomic mass is 9.97. The number of nitrogens with zero attached hydrogens (tertiary/aromatic N) is 4. The van der Waals surface area contributed by atoms with Gasteiger partial charge in [0.15, 0.2) is 11.6 Å². The Morgan fingerprint density at radius 2 is 1.85 bits per heavy atom. The Bertz CT molecular complexity index is 1330. The molecule has 5 rings (SSSR count). The van der Waals surface area contributed by atoms with Gasteiger partial charge in [0.1, 0.15) is 11.8 Å². The van der Waals surface area contributed by atoms with Crippen LogP contribution in [0.4, 0.5) is 5.82 Å². The summed E-state index contributed by atoms with van der Waals surface area (Å²) >= 11 is 0. The van der Waals surface area contributed by atoms with Crippen molar-refractivity contribution in [3.63, 3.8) is 0 Å². The van der Waals surface area contributed by atoms with Crippen molar-refractivity contribution in [2.45, 2.75) is 95.7 Å². The molecular formula is C30H39N5O4. The van der Waals surface area contributed by atoms with E-state index in [2.05, 4.69) is 21.6 Å². The Hall–Kier alpha value is -3.46. The average Bonchev–Trinajstić information content (AvgIpc) is 3.66. The standard InChI is InChI=1S/C30H39N5O4/c1-30(2,38)20-34-16-15-27(33-34)32-29(37)25(17-21-9-3-4-10-21)35-28(36)18-23(19-31-35)39-26-14-8-7-13-24(26)22-11-5-6-12-22/h7-8,13-16,18-19,21-22,25,38H,3-6,9-12,17,20H2,1-2H3,(H,32,33,37). The summed E-state index contributed by atoms with van der Waals surface area (Å²) in [6.07, 6.45) is 12.9. The Labute approximate surface area is 229 Å². The van der Waals surface area contributed by atoms with E-state index in [4.69, 9.17) is 4.74 Å². The Kier molecular flexibility index (Phi) is 8.16. The number of amides is 1. The summed E-state index contributed by atoms with van der Waals surface area (Å²) in [6.45, 7) is 3.69. The first kappa shape index (κ1) is 27.1. The second-order valence-electron chi connectivity index (χ2n) is 11.7. The van der Waals surface area contributed by atoms with E-state index in [-0.39, 0.29) is 11.5 Å². The molecule has 1 amide bonds. The van der Waals surface area contributed by atoms with Crippen molar-refractivity contribution in [1.29, 1.82) is 0 Å². The number of nitrogens with one attached hydrogen (secondary N) is 1. The number of hydrogen-bond donors (Lipinski definition) is 2. The van der Waals surface area contributed by atoms with Crippen LogP contribution in [0.15, 0.2) is 53.6 Å². The maximum absolute atomic E-state index is 13.5. The van der Waals surface area contributed by atoms with Crippen LogP contribution in [0, 0.1) is 5.92 Å². The molecule has 2 aliphatic carbocycles. The van der Waals surface area contributed by atoms with Gasteiger partial charge in [0, 0.05) is 18.3 Å². The summed E-state index contributed by atoms with van der Waals surface area (Å²) < 4.78 is 9.02. The topological polar surface area (TPSA) is 111 Å². The predicted molar refractivity (Wildman–Crippen MR) is 149 cm³/mol. The molecule has 1 atom stereocenters. The second kappa shape index (κ2) is 11.7. The molecule has 208 valence electrons. The van der Waals surface area contributed by atoms with Gasteiger partial charge >= 0.3 is 0 Å². The molecule has 3 aromatic rings. The predicted octanol–water partition coefficient (Wildman–Crippen LogP) is 5.42. The zero-order valence-corrected chi connectivity index (χ0v) is 22.9. The zero-order valence-electron chi connectivity index (χ0n) is 22.9. The fraction of sp³-hybridized carbons (Fsp3) is 0.533. The molecule has 0 radical (unpaired) electrons. The van der Waals surface area contributed by atoms with Gasteiger partial charge in [-0.15, -0.1) is 0 Å². The minimum Gasteiger partial charge on any atom is -0.455 e. The molecule has 2 fully saturated rings. The van der Waals surface area contributed by atoms with E-state index in [1.54, 1.807) is 30.8 Å². The van der Waals surface area contributed by atoms with Gasteiger partial charge in [0.2, 0.25) is 0 Å². The van der Waals surface area contributed by atoms with Gasteiger partial charge in [-0.1, -0.05) is 56.7 Å². The monoisotopic (exact) mass is 533 g/mol. The van der Waals surface area contributed by atoms with E-state index in [9.17, 15) is 14.7 Å². The van der Waals surface area contributed by atoms with Crippen LogP contribution in [-0.2, 0) is 11.3 Å². The molecule has 2 saturated carbocycles. The molecule has 2 N–H and O–H groups in total. The third-order valence-corrected chi connectivity index (χ3v) is 7.81. The minimum absolute atomic E-state index is 0.292. The van der Waals surface area contributed by atoms with E-state index < -0.39 is 11.6 Å². The highest BCUT2D eigenvalue weighted by Gasteiger charge is 2.29. The summed E-state index contributed by atoms with van der Waals surface area (Å²) in [5.41, 5.74) is -0.144. The number of benzene rings is 1. The van der Waals surface area contributed by atoms with E-state index in [1.165, 1.54) is 35.4 Å². The Morgan fingerprint density at radius 1 is 1.13 bits per heavy atom. The number of aliphatic hydroxyl groups is 1. The Balaban J connectivity index is 1.35. The highest BCUT2D eigenvalue weighted by Crippen LogP contribution is 2.40. The molecule has 9 heteroatoms. The highest BCUT2D eigenvalue weighted by atomic mass is 16.5. The summed E-state index contributed by atoms with van der Waals surface area (Å²) in [5, 5.41) is 21.7. The molecule has 2 heterocycles. The number of carbonyl (C=O) groups is 1. The van der Waals surface area contributed by atoms with Gasteiger partial charge < -0.3 is 15.2 Å². The molecule has 2 aliphatic rings. The smallest absolute Gasteiger partial charge is 0.271 e. The summed E-state index contributed by atoms with van der Waals surface area (Å²) in [6, 6.07) is 10.3. The van der Waals surface area contributed by atoms with Crippen LogP contribution in [0.3, 0.4) is 0 Å². The molecule has 39 heavy (non-hydrogen) atoms. The highest BCUT2D eigenvalue weighted by molar-refractivity contribution is 5.92. The first-order valence-corrected chi connectivity index (χ1v) is 14.2. The molecule has 1 unspecified atom stereocenters. The number of carbonyl (C=O) groups excluding carboxylic acids is 1. The second-order valence-corrected chi connectivity index (χ2v) is 11.7. The van der Waals surface area contributed by atoms with E-state index in [0.717, 1.165) is 44.3 Å². The fourth-order valence-electron chi connectivity index (χ4n) is 5.97. The van der Waals surface area contributed by atoms with Crippen LogP contribution in [0.2, 0.25) is 0 Å². The van der Waals surface area contributed by atoms with Crippen LogP contribution in [0.1, 0.15) is 89.2 Å². The van der Waals surface area contributed by atoms with Gasteiger partial charge in [0.05, 0.1) is 18.3 Å². The summed E-state index contributed by atoms with van der Waals surface area (Å²) in [4.78, 5) is 26.8. The molecule has 2 aromatic heterocycles. The van der Waals surface area contributed by atoms with Gasteiger partial charge in [0.25, 0.3) is 11.5 Å². The first-order valence-electron chi connectivity index (χ1n) is 14.2. The molecule has 0 bridgehead atoms. The number of ether oxygens (including phenoxy) is 1. The van der Waals surface area contributed by atoms with Gasteiger partial charge in [-0.05, 0) is 56.6 Å². The van der Waals surface area contributed by atoms with Crippen molar-refractivity contribution >= 4 is 11.7 Å². The Morgan fingerprint density at radius 3 is 2.56 bits per heavy atom. The van der Waals surface area contributed by atoms with Crippen LogP contribution in [0.25, 0.3) is 0 Å². The van der Waals surface area contributed by atoms with E-state index in [1.807, 2.05) is 18.2 Å². The first-order chi connectivity index (χ1) is 18.7. The van der Waals surface area contributed by atoms with Crippen molar-refractivity contribution in [3.05, 3.63) is 64.7 Å². The lowest BCUT2D eigenvalue weighted by Gasteiger charge is -2.21. The summed E-state index contributed by atoms with van der Waals surface area (Å²) in [7, 11) is 0. The SMILES string of the molecule is CC(C)(O)Cn1ccc(NC(=O)C(CC2CCCC2)n2ncc(Oc3ccccc3C3CCCC3)cc2=O)n1. The van der Waals surface area contributed by atoms with Gasteiger partial charge in [-0.3, -0.25) is 14.3 Å². The van der Waals surface area contributed by atoms with Crippen molar-refractivity contribution in [1.82, 2.24) is 19.6 Å². The minimum atomic E-state index is -0.934. The molecule has 9 nitrogen and oxygen atoms in total. The van der Waals surface area contributed by atoms with Crippen LogP contribution in [-0.4, -0.2) is 36.2 Å². The lowest BCUT2D eigenvalue weighted by Crippen LogP contribution is -2.36. The maximum Gasteiger partial charge on any atom is 0.271 e. The number of rotatable bonds is 10. The summed E-state index contributed by atoms with van der Waals surface area (Å²) in [5.74, 6) is 2.00. The van der Waals surface area contributed by atoms with Gasteiger partial charge in [-0.2, -0.15) is 10.2 Å². The molecule has 0 saturated heterocycles. The van der Waals surface area contributed by atoms with Crippen LogP contribution < -0.4 is 15.6 Å². The van der Waals surface area contributed by atoms with Crippen molar-refractivity contribution in [2.75, 3.05) is 5.32 Å². The third kappa shape index (κ3) is 6.95. The van der Waals surface area contributed by atoms with Crippen LogP contribution in [0.5, 0.6) is 11.5 Å². The fourth-order valence-corrected chi connectivity index (χ4v) is 5.97. The lowest BCUT2D eigenvalue weighted by molar-refractivity contribution is -0.120. The van der Waals surface area contributed by atoms with Crippen molar-refractivity contribution in [2.24, 2.45) is 5.92 Å².